The van der Waals surface area contributed by atoms with Crippen LogP contribution in [0, 0.1) is 6.92 Å². The highest BCUT2D eigenvalue weighted by Crippen LogP contribution is 2.24. The van der Waals surface area contributed by atoms with Gasteiger partial charge in [0.15, 0.2) is 0 Å². The monoisotopic (exact) mass is 218 g/mol. The first-order chi connectivity index (χ1) is 4.77. The molecule has 10 heavy (non-hydrogen) atoms. The zero-order valence-electron chi connectivity index (χ0n) is 6.28. The van der Waals surface area contributed by atoms with Gasteiger partial charge >= 0.3 is 0 Å². The van der Waals surface area contributed by atoms with Crippen LogP contribution in [0.15, 0.2) is 6.07 Å². The topological polar surface area (TPSA) is 0 Å². The van der Waals surface area contributed by atoms with Gasteiger partial charge in [0, 0.05) is 15.1 Å². The molecule has 0 fully saturated rings. The third kappa shape index (κ3) is 1.61. The van der Waals surface area contributed by atoms with Crippen molar-refractivity contribution in [1.29, 1.82) is 0 Å². The summed E-state index contributed by atoms with van der Waals surface area (Å²) in [7, 11) is 0. The van der Waals surface area contributed by atoms with Crippen molar-refractivity contribution in [2.45, 2.75) is 25.6 Å². The van der Waals surface area contributed by atoms with Crippen molar-refractivity contribution in [1.82, 2.24) is 0 Å². The van der Waals surface area contributed by atoms with E-state index in [1.54, 1.807) is 0 Å². The van der Waals surface area contributed by atoms with E-state index in [1.807, 2.05) is 11.3 Å². The second kappa shape index (κ2) is 3.54. The molecule has 0 spiro atoms. The zero-order valence-corrected chi connectivity index (χ0v) is 8.68. The number of alkyl halides is 1. The van der Waals surface area contributed by atoms with Crippen LogP contribution in [-0.2, 0) is 11.8 Å². The Bertz CT molecular complexity index is 194. The third-order valence-electron chi connectivity index (χ3n) is 1.52. The highest BCUT2D eigenvalue weighted by atomic mass is 79.9. The number of hydrogen-bond acceptors (Lipinski definition) is 1. The highest BCUT2D eigenvalue weighted by Gasteiger charge is 2.02. The van der Waals surface area contributed by atoms with Gasteiger partial charge in [0.25, 0.3) is 0 Å². The highest BCUT2D eigenvalue weighted by molar-refractivity contribution is 9.08. The van der Waals surface area contributed by atoms with Crippen LogP contribution >= 0.6 is 27.3 Å². The van der Waals surface area contributed by atoms with E-state index in [0.29, 0.717) is 0 Å². The van der Waals surface area contributed by atoms with Crippen LogP contribution in [0.2, 0.25) is 0 Å². The summed E-state index contributed by atoms with van der Waals surface area (Å²) in [6.45, 7) is 4.36. The van der Waals surface area contributed by atoms with E-state index in [-0.39, 0.29) is 0 Å². The molecule has 0 aromatic carbocycles. The van der Waals surface area contributed by atoms with Crippen molar-refractivity contribution in [2.75, 3.05) is 0 Å². The van der Waals surface area contributed by atoms with E-state index >= 15 is 0 Å². The molecule has 0 amide bonds. The first-order valence-corrected chi connectivity index (χ1v) is 5.36. The molecule has 0 nitrogen and oxygen atoms in total. The maximum Gasteiger partial charge on any atom is 0.0380 e. The van der Waals surface area contributed by atoms with E-state index in [0.717, 1.165) is 11.8 Å². The Morgan fingerprint density at radius 3 is 2.70 bits per heavy atom. The van der Waals surface area contributed by atoms with E-state index < -0.39 is 0 Å². The predicted octanol–water partition coefficient (Wildman–Crippen LogP) is 3.51. The number of hydrogen-bond donors (Lipinski definition) is 0. The predicted molar refractivity (Wildman–Crippen MR) is 51.1 cm³/mol. The van der Waals surface area contributed by atoms with Gasteiger partial charge in [-0.1, -0.05) is 22.9 Å². The van der Waals surface area contributed by atoms with Crippen LogP contribution in [-0.4, -0.2) is 0 Å². The SMILES string of the molecule is CCc1cc(C)sc1CBr. The molecule has 1 aromatic rings. The van der Waals surface area contributed by atoms with Gasteiger partial charge in [-0.3, -0.25) is 0 Å². The normalized spacial score (nSPS) is 10.3. The lowest BCUT2D eigenvalue weighted by Crippen LogP contribution is -1.78. The lowest BCUT2D eigenvalue weighted by Gasteiger charge is -1.92. The lowest BCUT2D eigenvalue weighted by molar-refractivity contribution is 1.13. The molecule has 0 saturated heterocycles. The number of rotatable bonds is 2. The largest absolute Gasteiger partial charge is 0.145 e. The van der Waals surface area contributed by atoms with Crippen LogP contribution in [0.1, 0.15) is 22.2 Å². The van der Waals surface area contributed by atoms with Gasteiger partial charge in [0.1, 0.15) is 0 Å². The van der Waals surface area contributed by atoms with Gasteiger partial charge in [0.2, 0.25) is 0 Å². The summed E-state index contributed by atoms with van der Waals surface area (Å²) in [6.07, 6.45) is 1.16. The van der Waals surface area contributed by atoms with E-state index in [9.17, 15) is 0 Å². The van der Waals surface area contributed by atoms with Crippen molar-refractivity contribution >= 4 is 27.3 Å². The van der Waals surface area contributed by atoms with E-state index in [1.165, 1.54) is 15.3 Å². The van der Waals surface area contributed by atoms with Gasteiger partial charge in [-0.25, -0.2) is 0 Å². The molecule has 1 rings (SSSR count). The van der Waals surface area contributed by atoms with Crippen LogP contribution in [0.3, 0.4) is 0 Å². The summed E-state index contributed by atoms with van der Waals surface area (Å²) in [4.78, 5) is 2.91. The smallest absolute Gasteiger partial charge is 0.0380 e. The second-order valence-electron chi connectivity index (χ2n) is 2.29. The van der Waals surface area contributed by atoms with E-state index in [4.69, 9.17) is 0 Å². The molecule has 0 bridgehead atoms. The Balaban J connectivity index is 2.96. The standard InChI is InChI=1S/C8H11BrS/c1-3-7-4-6(2)10-8(7)5-9/h4H,3,5H2,1-2H3. The summed E-state index contributed by atoms with van der Waals surface area (Å²) in [5.74, 6) is 0. The van der Waals surface area contributed by atoms with Crippen LogP contribution in [0.5, 0.6) is 0 Å². The van der Waals surface area contributed by atoms with Gasteiger partial charge < -0.3 is 0 Å². The average molecular weight is 219 g/mol. The van der Waals surface area contributed by atoms with Crippen molar-refractivity contribution < 1.29 is 0 Å². The molecule has 0 N–H and O–H groups in total. The van der Waals surface area contributed by atoms with Crippen molar-refractivity contribution in [3.63, 3.8) is 0 Å². The Morgan fingerprint density at radius 2 is 2.30 bits per heavy atom. The lowest BCUT2D eigenvalue weighted by atomic mass is 10.2. The van der Waals surface area contributed by atoms with Gasteiger partial charge in [-0.2, -0.15) is 0 Å². The fourth-order valence-corrected chi connectivity index (χ4v) is 2.71. The average Bonchev–Trinajstić information content (AvgIpc) is 2.30. The molecule has 0 atom stereocenters. The summed E-state index contributed by atoms with van der Waals surface area (Å²) >= 11 is 5.36. The quantitative estimate of drug-likeness (QED) is 0.667. The Morgan fingerprint density at radius 1 is 1.60 bits per heavy atom. The minimum absolute atomic E-state index is 1.01. The maximum absolute atomic E-state index is 3.47. The summed E-state index contributed by atoms with van der Waals surface area (Å²) in [6, 6.07) is 2.28. The zero-order chi connectivity index (χ0) is 7.56. The van der Waals surface area contributed by atoms with Gasteiger partial charge in [-0.15, -0.1) is 11.3 Å². The molecule has 0 aliphatic carbocycles. The molecule has 1 aromatic heterocycles. The fraction of sp³-hybridized carbons (Fsp3) is 0.500. The summed E-state index contributed by atoms with van der Waals surface area (Å²) < 4.78 is 0. The van der Waals surface area contributed by atoms with Crippen molar-refractivity contribution in [3.8, 4) is 0 Å². The van der Waals surface area contributed by atoms with Crippen molar-refractivity contribution in [2.24, 2.45) is 0 Å². The fourth-order valence-electron chi connectivity index (χ4n) is 1.03. The molecular weight excluding hydrogens is 208 g/mol. The minimum Gasteiger partial charge on any atom is -0.145 e. The van der Waals surface area contributed by atoms with Crippen LogP contribution in [0.25, 0.3) is 0 Å². The maximum atomic E-state index is 3.47. The Labute approximate surface area is 74.4 Å². The Kier molecular flexibility index (Phi) is 2.93. The summed E-state index contributed by atoms with van der Waals surface area (Å²) in [5, 5.41) is 1.01. The van der Waals surface area contributed by atoms with Gasteiger partial charge in [-0.05, 0) is 25.0 Å². The number of halogens is 1. The molecule has 1 heterocycles. The molecule has 0 aliphatic heterocycles. The third-order valence-corrected chi connectivity index (χ3v) is 3.55. The Hall–Kier alpha value is 0.180. The molecule has 2 heteroatoms. The second-order valence-corrected chi connectivity index (χ2v) is 4.19. The number of thiophene rings is 1. The number of aryl methyl sites for hydroxylation is 2. The molecule has 0 radical (unpaired) electrons. The van der Waals surface area contributed by atoms with Gasteiger partial charge in [0.05, 0.1) is 0 Å². The molecule has 56 valence electrons. The first-order valence-electron chi connectivity index (χ1n) is 3.42. The first kappa shape index (κ1) is 8.28. The molecule has 0 aliphatic rings. The van der Waals surface area contributed by atoms with Crippen LogP contribution < -0.4 is 0 Å². The molecular formula is C8H11BrS. The molecule has 0 saturated carbocycles. The van der Waals surface area contributed by atoms with E-state index in [2.05, 4.69) is 35.8 Å². The van der Waals surface area contributed by atoms with Crippen molar-refractivity contribution in [3.05, 3.63) is 21.4 Å². The summed E-state index contributed by atoms with van der Waals surface area (Å²) in [5.41, 5.74) is 1.50. The molecule has 0 unspecified atom stereocenters. The minimum atomic E-state index is 1.01. The van der Waals surface area contributed by atoms with Crippen LogP contribution in [0.4, 0.5) is 0 Å².